The minimum atomic E-state index is -4.03. The molecule has 8 nitrogen and oxygen atoms in total. The molecule has 0 saturated heterocycles. The molecule has 4 rings (SSSR count). The quantitative estimate of drug-likeness (QED) is 0.289. The molecule has 0 aliphatic rings. The highest BCUT2D eigenvalue weighted by Gasteiger charge is 2.27. The van der Waals surface area contributed by atoms with Gasteiger partial charge in [-0.05, 0) is 56.3 Å². The van der Waals surface area contributed by atoms with Gasteiger partial charge >= 0.3 is 0 Å². The average molecular weight is 506 g/mol. The summed E-state index contributed by atoms with van der Waals surface area (Å²) < 4.78 is 43.6. The first-order valence-electron chi connectivity index (χ1n) is 11.0. The van der Waals surface area contributed by atoms with Gasteiger partial charge in [-0.15, -0.1) is 0 Å². The van der Waals surface area contributed by atoms with Crippen molar-refractivity contribution in [3.05, 3.63) is 108 Å². The molecule has 0 saturated carbocycles. The predicted octanol–water partition coefficient (Wildman–Crippen LogP) is 3.97. The van der Waals surface area contributed by atoms with Crippen molar-refractivity contribution in [1.82, 2.24) is 15.0 Å². The number of pyridine rings is 1. The molecule has 0 bridgehead atoms. The third-order valence-corrected chi connectivity index (χ3v) is 7.30. The zero-order valence-electron chi connectivity index (χ0n) is 19.7. The number of carbonyl (C=O) groups is 1. The molecule has 2 heterocycles. The lowest BCUT2D eigenvalue weighted by Crippen LogP contribution is -2.39. The van der Waals surface area contributed by atoms with Crippen LogP contribution >= 0.6 is 0 Å². The number of carbonyl (C=O) groups excluding carboxylic acids is 1. The molecule has 1 N–H and O–H groups in total. The number of para-hydroxylation sites is 1. The van der Waals surface area contributed by atoms with E-state index in [2.05, 4.69) is 15.5 Å². The summed E-state index contributed by atoms with van der Waals surface area (Å²) in [5, 5.41) is 4.01. The van der Waals surface area contributed by atoms with Crippen molar-refractivity contribution in [3.8, 4) is 5.69 Å². The summed E-state index contributed by atoms with van der Waals surface area (Å²) >= 11 is 0. The third-order valence-electron chi connectivity index (χ3n) is 5.51. The second-order valence-electron chi connectivity index (χ2n) is 7.94. The second-order valence-corrected chi connectivity index (χ2v) is 9.80. The maximum absolute atomic E-state index is 14.3. The highest BCUT2D eigenvalue weighted by atomic mass is 32.2. The van der Waals surface area contributed by atoms with E-state index in [1.807, 2.05) is 19.9 Å². The molecule has 0 spiro atoms. The van der Waals surface area contributed by atoms with Gasteiger partial charge in [-0.1, -0.05) is 30.3 Å². The summed E-state index contributed by atoms with van der Waals surface area (Å²) in [7, 11) is -4.03. The molecular formula is C26H24FN5O3S. The van der Waals surface area contributed by atoms with Crippen LogP contribution in [0.4, 0.5) is 10.1 Å². The number of halogens is 1. The van der Waals surface area contributed by atoms with Crippen molar-refractivity contribution in [2.75, 3.05) is 10.8 Å². The highest BCUT2D eigenvalue weighted by Crippen LogP contribution is 2.23. The van der Waals surface area contributed by atoms with Crippen LogP contribution in [0.1, 0.15) is 17.0 Å². The first-order valence-corrected chi connectivity index (χ1v) is 12.5. The van der Waals surface area contributed by atoms with Gasteiger partial charge in [0.25, 0.3) is 15.9 Å². The molecule has 184 valence electrons. The molecule has 4 aromatic rings. The number of aromatic nitrogens is 2. The molecule has 36 heavy (non-hydrogen) atoms. The smallest absolute Gasteiger partial charge is 0.264 e. The topological polar surface area (TPSA) is 96.7 Å². The molecule has 2 aromatic carbocycles. The fourth-order valence-corrected chi connectivity index (χ4v) is 5.23. The molecule has 0 radical (unpaired) electrons. The zero-order valence-corrected chi connectivity index (χ0v) is 20.5. The summed E-state index contributed by atoms with van der Waals surface area (Å²) in [6.07, 6.45) is 4.32. The lowest BCUT2D eigenvalue weighted by molar-refractivity contribution is -0.119. The van der Waals surface area contributed by atoms with Gasteiger partial charge in [0.15, 0.2) is 0 Å². The number of sulfonamides is 1. The summed E-state index contributed by atoms with van der Waals surface area (Å²) in [6.45, 7) is 3.16. The van der Waals surface area contributed by atoms with E-state index >= 15 is 0 Å². The van der Waals surface area contributed by atoms with Crippen molar-refractivity contribution in [1.29, 1.82) is 0 Å². The van der Waals surface area contributed by atoms with Crippen LogP contribution in [-0.2, 0) is 14.8 Å². The van der Waals surface area contributed by atoms with Gasteiger partial charge in [-0.2, -0.15) is 5.10 Å². The monoisotopic (exact) mass is 505 g/mol. The van der Waals surface area contributed by atoms with Crippen LogP contribution < -0.4 is 9.73 Å². The van der Waals surface area contributed by atoms with Crippen LogP contribution in [0.5, 0.6) is 0 Å². The molecule has 0 aliphatic heterocycles. The van der Waals surface area contributed by atoms with Gasteiger partial charge in [0.1, 0.15) is 12.4 Å². The van der Waals surface area contributed by atoms with Crippen LogP contribution in [0.2, 0.25) is 0 Å². The zero-order chi connectivity index (χ0) is 25.7. The summed E-state index contributed by atoms with van der Waals surface area (Å²) in [5.41, 5.74) is 5.25. The number of hydrazone groups is 1. The largest absolute Gasteiger partial charge is 0.315 e. The maximum Gasteiger partial charge on any atom is 0.264 e. The molecule has 0 unspecified atom stereocenters. The normalized spacial score (nSPS) is 11.5. The first-order chi connectivity index (χ1) is 17.3. The maximum atomic E-state index is 14.3. The number of nitrogens with zero attached hydrogens (tertiary/aromatic N) is 4. The molecule has 2 aromatic heterocycles. The van der Waals surface area contributed by atoms with Gasteiger partial charge in [0.05, 0.1) is 28.7 Å². The van der Waals surface area contributed by atoms with Crippen LogP contribution in [0.25, 0.3) is 5.69 Å². The van der Waals surface area contributed by atoms with Gasteiger partial charge in [-0.25, -0.2) is 18.2 Å². The Kier molecular flexibility index (Phi) is 7.25. The van der Waals surface area contributed by atoms with E-state index in [1.165, 1.54) is 36.8 Å². The fraction of sp³-hybridized carbons (Fsp3) is 0.115. The Hall–Kier alpha value is -4.31. The molecule has 1 amide bonds. The summed E-state index contributed by atoms with van der Waals surface area (Å²) in [6, 6.07) is 19.2. The molecule has 0 fully saturated rings. The number of anilines is 1. The number of rotatable bonds is 8. The Bertz CT molecular complexity index is 1500. The molecule has 0 aliphatic carbocycles. The SMILES string of the molecule is Cc1cc(/C=N\NC(=O)CN(c2cccnc2)S(=O)(=O)c2ccccc2)c(C)n1-c1ccccc1F. The van der Waals surface area contributed by atoms with Crippen LogP contribution in [0.15, 0.2) is 95.2 Å². The van der Waals surface area contributed by atoms with E-state index in [0.717, 1.165) is 15.7 Å². The Morgan fingerprint density at radius 1 is 1.08 bits per heavy atom. The van der Waals surface area contributed by atoms with Crippen molar-refractivity contribution in [3.63, 3.8) is 0 Å². The van der Waals surface area contributed by atoms with E-state index in [9.17, 15) is 17.6 Å². The van der Waals surface area contributed by atoms with Gasteiger partial charge in [0.2, 0.25) is 0 Å². The first kappa shape index (κ1) is 24.8. The van der Waals surface area contributed by atoms with Gasteiger partial charge in [-0.3, -0.25) is 14.1 Å². The van der Waals surface area contributed by atoms with Gasteiger partial charge < -0.3 is 4.57 Å². The lowest BCUT2D eigenvalue weighted by Gasteiger charge is -2.23. The fourth-order valence-electron chi connectivity index (χ4n) is 3.80. The van der Waals surface area contributed by atoms with Gasteiger partial charge in [0, 0.05) is 23.1 Å². The number of hydrogen-bond acceptors (Lipinski definition) is 5. The Morgan fingerprint density at radius 2 is 1.81 bits per heavy atom. The Balaban J connectivity index is 1.54. The minimum absolute atomic E-state index is 0.0470. The van der Waals surface area contributed by atoms with Crippen molar-refractivity contribution < 1.29 is 17.6 Å². The van der Waals surface area contributed by atoms with Crippen LogP contribution in [0.3, 0.4) is 0 Å². The van der Waals surface area contributed by atoms with Crippen molar-refractivity contribution in [2.45, 2.75) is 18.7 Å². The summed E-state index contributed by atoms with van der Waals surface area (Å²) in [4.78, 5) is 16.7. The van der Waals surface area contributed by atoms with E-state index in [-0.39, 0.29) is 16.4 Å². The van der Waals surface area contributed by atoms with Crippen LogP contribution in [-0.4, -0.2) is 36.6 Å². The number of benzene rings is 2. The van der Waals surface area contributed by atoms with Crippen LogP contribution in [0, 0.1) is 19.7 Å². The Labute approximate surface area is 208 Å². The molecular weight excluding hydrogens is 481 g/mol. The highest BCUT2D eigenvalue weighted by molar-refractivity contribution is 7.92. The third kappa shape index (κ3) is 5.18. The molecule has 0 atom stereocenters. The minimum Gasteiger partial charge on any atom is -0.315 e. The number of aryl methyl sites for hydroxylation is 1. The number of amides is 1. The molecule has 10 heteroatoms. The number of nitrogens with one attached hydrogen (secondary N) is 1. The standard InChI is InChI=1S/C26H24FN5O3S/c1-19-15-21(20(2)32(19)25-13-7-6-12-24(25)27)16-29-30-26(33)18-31(22-9-8-14-28-17-22)36(34,35)23-10-4-3-5-11-23/h3-17H,18H2,1-2H3,(H,30,33)/b29-16-. The van der Waals surface area contributed by atoms with E-state index in [1.54, 1.807) is 53.1 Å². The van der Waals surface area contributed by atoms with Crippen molar-refractivity contribution >= 4 is 27.8 Å². The number of hydrogen-bond donors (Lipinski definition) is 1. The lowest BCUT2D eigenvalue weighted by atomic mass is 10.2. The van der Waals surface area contributed by atoms with Crippen molar-refractivity contribution in [2.24, 2.45) is 5.10 Å². The predicted molar refractivity (Wildman–Crippen MR) is 136 cm³/mol. The second kappa shape index (κ2) is 10.5. The van der Waals surface area contributed by atoms with E-state index in [0.29, 0.717) is 11.3 Å². The average Bonchev–Trinajstić information content (AvgIpc) is 3.16. The van der Waals surface area contributed by atoms with E-state index in [4.69, 9.17) is 0 Å². The summed E-state index contributed by atoms with van der Waals surface area (Å²) in [5.74, 6) is -0.997. The van der Waals surface area contributed by atoms with E-state index < -0.39 is 22.5 Å². The Morgan fingerprint density at radius 3 is 2.50 bits per heavy atom.